The average molecular weight is 267 g/mol. The van der Waals surface area contributed by atoms with Crippen LogP contribution in [-0.4, -0.2) is 13.2 Å². The van der Waals surface area contributed by atoms with Crippen molar-refractivity contribution < 1.29 is 9.47 Å². The van der Waals surface area contributed by atoms with E-state index in [1.807, 2.05) is 56.3 Å². The van der Waals surface area contributed by atoms with E-state index in [0.717, 1.165) is 16.9 Å². The van der Waals surface area contributed by atoms with Gasteiger partial charge in [0.25, 0.3) is 0 Å². The molecule has 0 saturated heterocycles. The van der Waals surface area contributed by atoms with Crippen molar-refractivity contribution in [3.05, 3.63) is 48.0 Å². The lowest BCUT2D eigenvalue weighted by Gasteiger charge is -2.12. The van der Waals surface area contributed by atoms with Gasteiger partial charge in [0.05, 0.1) is 18.8 Å². The number of hydrogen-bond acceptors (Lipinski definition) is 3. The zero-order chi connectivity index (χ0) is 14.5. The van der Waals surface area contributed by atoms with E-state index in [9.17, 15) is 5.26 Å². The van der Waals surface area contributed by atoms with E-state index in [4.69, 9.17) is 9.47 Å². The molecule has 0 aliphatic heterocycles. The van der Waals surface area contributed by atoms with Crippen molar-refractivity contribution in [3.63, 3.8) is 0 Å². The lowest BCUT2D eigenvalue weighted by molar-refractivity contribution is 0.242. The van der Waals surface area contributed by atoms with Gasteiger partial charge in [-0.15, -0.1) is 0 Å². The van der Waals surface area contributed by atoms with Gasteiger partial charge in [-0.25, -0.2) is 0 Å². The summed E-state index contributed by atoms with van der Waals surface area (Å²) in [6.07, 6.45) is 0.0461. The third kappa shape index (κ3) is 3.10. The Kier molecular flexibility index (Phi) is 4.27. The first-order valence-corrected chi connectivity index (χ1v) is 6.49. The molecule has 3 nitrogen and oxygen atoms in total. The first-order chi connectivity index (χ1) is 9.63. The molecule has 0 radical (unpaired) electrons. The molecule has 0 fully saturated rings. The highest BCUT2D eigenvalue weighted by molar-refractivity contribution is 5.68. The van der Waals surface area contributed by atoms with Gasteiger partial charge in [0.2, 0.25) is 0 Å². The van der Waals surface area contributed by atoms with Crippen LogP contribution in [0.4, 0.5) is 0 Å². The molecule has 3 heteroatoms. The van der Waals surface area contributed by atoms with E-state index in [-0.39, 0.29) is 6.10 Å². The van der Waals surface area contributed by atoms with Gasteiger partial charge in [-0.3, -0.25) is 0 Å². The number of hydrogen-bond donors (Lipinski definition) is 0. The Hall–Kier alpha value is -2.47. The number of nitriles is 1. The molecule has 2 aromatic carbocycles. The highest BCUT2D eigenvalue weighted by Gasteiger charge is 2.08. The molecule has 0 heterocycles. The predicted molar refractivity (Wildman–Crippen MR) is 78.9 cm³/mol. The van der Waals surface area contributed by atoms with Crippen molar-refractivity contribution in [2.24, 2.45) is 0 Å². The number of ether oxygens (including phenoxy) is 2. The molecule has 0 spiro atoms. The largest absolute Gasteiger partial charge is 0.497 e. The molecule has 0 unspecified atom stereocenters. The molecule has 0 atom stereocenters. The molecule has 0 aromatic heterocycles. The summed E-state index contributed by atoms with van der Waals surface area (Å²) in [5.74, 6) is 1.41. The summed E-state index contributed by atoms with van der Waals surface area (Å²) in [6, 6.07) is 15.6. The van der Waals surface area contributed by atoms with Crippen LogP contribution in [0.15, 0.2) is 42.5 Å². The van der Waals surface area contributed by atoms with Crippen molar-refractivity contribution in [2.45, 2.75) is 20.0 Å². The minimum Gasteiger partial charge on any atom is -0.497 e. The Bertz CT molecular complexity index is 642. The molecular weight excluding hydrogens is 250 g/mol. The molecule has 0 bridgehead atoms. The van der Waals surface area contributed by atoms with Crippen molar-refractivity contribution in [3.8, 4) is 28.7 Å². The molecule has 0 aliphatic carbocycles. The van der Waals surface area contributed by atoms with Crippen molar-refractivity contribution in [2.75, 3.05) is 7.11 Å². The number of methoxy groups -OCH3 is 1. The minimum absolute atomic E-state index is 0.0461. The molecule has 0 amide bonds. The van der Waals surface area contributed by atoms with Gasteiger partial charge in [-0.05, 0) is 49.2 Å². The van der Waals surface area contributed by atoms with Crippen LogP contribution in [0, 0.1) is 11.3 Å². The van der Waals surface area contributed by atoms with Crippen molar-refractivity contribution in [1.29, 1.82) is 5.26 Å². The molecule has 2 aromatic rings. The van der Waals surface area contributed by atoms with Crippen LogP contribution in [0.3, 0.4) is 0 Å². The fourth-order valence-electron chi connectivity index (χ4n) is 1.96. The summed E-state index contributed by atoms with van der Waals surface area (Å²) in [5, 5.41) is 9.25. The van der Waals surface area contributed by atoms with Gasteiger partial charge in [0.15, 0.2) is 0 Å². The minimum atomic E-state index is 0.0461. The Morgan fingerprint density at radius 2 is 1.80 bits per heavy atom. The SMILES string of the molecule is COc1cccc(-c2ccc(OC(C)C)c(C#N)c2)c1. The first-order valence-electron chi connectivity index (χ1n) is 6.49. The summed E-state index contributed by atoms with van der Waals surface area (Å²) in [4.78, 5) is 0. The van der Waals surface area contributed by atoms with Gasteiger partial charge in [-0.2, -0.15) is 5.26 Å². The van der Waals surface area contributed by atoms with Crippen molar-refractivity contribution in [1.82, 2.24) is 0 Å². The highest BCUT2D eigenvalue weighted by Crippen LogP contribution is 2.28. The van der Waals surface area contributed by atoms with E-state index < -0.39 is 0 Å². The van der Waals surface area contributed by atoms with E-state index in [2.05, 4.69) is 6.07 Å². The molecular formula is C17H17NO2. The van der Waals surface area contributed by atoms with Gasteiger partial charge >= 0.3 is 0 Å². The summed E-state index contributed by atoms with van der Waals surface area (Å²) >= 11 is 0. The fraction of sp³-hybridized carbons (Fsp3) is 0.235. The zero-order valence-electron chi connectivity index (χ0n) is 11.9. The standard InChI is InChI=1S/C17H17NO2/c1-12(2)20-17-8-7-14(9-15(17)11-18)13-5-4-6-16(10-13)19-3/h4-10,12H,1-3H3. The number of benzene rings is 2. The maximum absolute atomic E-state index is 9.25. The van der Waals surface area contributed by atoms with Gasteiger partial charge in [-0.1, -0.05) is 18.2 Å². The molecule has 20 heavy (non-hydrogen) atoms. The lowest BCUT2D eigenvalue weighted by atomic mass is 10.0. The van der Waals surface area contributed by atoms with Crippen LogP contribution in [-0.2, 0) is 0 Å². The van der Waals surface area contributed by atoms with Crippen LogP contribution in [0.1, 0.15) is 19.4 Å². The fourth-order valence-corrected chi connectivity index (χ4v) is 1.96. The molecule has 0 saturated carbocycles. The average Bonchev–Trinajstić information content (AvgIpc) is 2.47. The Balaban J connectivity index is 2.41. The highest BCUT2D eigenvalue weighted by atomic mass is 16.5. The predicted octanol–water partition coefficient (Wildman–Crippen LogP) is 4.02. The summed E-state index contributed by atoms with van der Waals surface area (Å²) in [7, 11) is 1.64. The third-order valence-corrected chi connectivity index (χ3v) is 2.87. The maximum Gasteiger partial charge on any atom is 0.137 e. The molecule has 0 N–H and O–H groups in total. The second-order valence-electron chi connectivity index (χ2n) is 4.72. The maximum atomic E-state index is 9.25. The third-order valence-electron chi connectivity index (χ3n) is 2.87. The smallest absolute Gasteiger partial charge is 0.137 e. The van der Waals surface area contributed by atoms with Gasteiger partial charge < -0.3 is 9.47 Å². The van der Waals surface area contributed by atoms with Gasteiger partial charge in [0.1, 0.15) is 17.6 Å². The Morgan fingerprint density at radius 3 is 2.45 bits per heavy atom. The summed E-state index contributed by atoms with van der Waals surface area (Å²) in [5.41, 5.74) is 2.52. The topological polar surface area (TPSA) is 42.2 Å². The number of nitrogens with zero attached hydrogens (tertiary/aromatic N) is 1. The van der Waals surface area contributed by atoms with Gasteiger partial charge in [0, 0.05) is 0 Å². The monoisotopic (exact) mass is 267 g/mol. The summed E-state index contributed by atoms with van der Waals surface area (Å²) < 4.78 is 10.8. The van der Waals surface area contributed by atoms with Crippen LogP contribution in [0.5, 0.6) is 11.5 Å². The normalized spacial score (nSPS) is 10.2. The molecule has 2 rings (SSSR count). The number of rotatable bonds is 4. The quantitative estimate of drug-likeness (QED) is 0.840. The first kappa shape index (κ1) is 14.0. The Morgan fingerprint density at radius 1 is 1.05 bits per heavy atom. The lowest BCUT2D eigenvalue weighted by Crippen LogP contribution is -2.06. The van der Waals surface area contributed by atoms with E-state index in [1.165, 1.54) is 0 Å². The zero-order valence-corrected chi connectivity index (χ0v) is 11.9. The summed E-state index contributed by atoms with van der Waals surface area (Å²) in [6.45, 7) is 3.88. The van der Waals surface area contributed by atoms with E-state index in [0.29, 0.717) is 11.3 Å². The van der Waals surface area contributed by atoms with Crippen LogP contribution < -0.4 is 9.47 Å². The Labute approximate surface area is 119 Å². The van der Waals surface area contributed by atoms with E-state index in [1.54, 1.807) is 7.11 Å². The molecule has 0 aliphatic rings. The molecule has 102 valence electrons. The second-order valence-corrected chi connectivity index (χ2v) is 4.72. The van der Waals surface area contributed by atoms with Crippen molar-refractivity contribution >= 4 is 0 Å². The van der Waals surface area contributed by atoms with Crippen LogP contribution >= 0.6 is 0 Å². The second kappa shape index (κ2) is 6.12. The van der Waals surface area contributed by atoms with Crippen LogP contribution in [0.2, 0.25) is 0 Å². The van der Waals surface area contributed by atoms with Crippen LogP contribution in [0.25, 0.3) is 11.1 Å². The van der Waals surface area contributed by atoms with E-state index >= 15 is 0 Å².